The van der Waals surface area contributed by atoms with Crippen molar-refractivity contribution in [3.8, 4) is 0 Å². The monoisotopic (exact) mass is 240 g/mol. The summed E-state index contributed by atoms with van der Waals surface area (Å²) in [5.74, 6) is -0.265. The van der Waals surface area contributed by atoms with Gasteiger partial charge in [-0.25, -0.2) is 0 Å². The van der Waals surface area contributed by atoms with E-state index in [1.165, 1.54) is 12.3 Å². The smallest absolute Gasteiger partial charge is 0.256 e. The minimum Gasteiger partial charge on any atom is -0.452 e. The molecule has 0 aliphatic rings. The van der Waals surface area contributed by atoms with Crippen LogP contribution in [0.5, 0.6) is 0 Å². The highest BCUT2D eigenvalue weighted by Crippen LogP contribution is 2.15. The van der Waals surface area contributed by atoms with Crippen molar-refractivity contribution in [1.82, 2.24) is 20.3 Å². The molecule has 7 heteroatoms. The molecule has 2 aromatic rings. The molecule has 1 N–H and O–H groups in total. The normalized spacial score (nSPS) is 10.3. The molecule has 0 saturated heterocycles. The van der Waals surface area contributed by atoms with E-state index in [-0.39, 0.29) is 11.1 Å². The SMILES string of the molecule is O=C(NCCn1ccnn1)c1ccoc1Cl. The van der Waals surface area contributed by atoms with E-state index in [0.717, 1.165) is 0 Å². The Hall–Kier alpha value is -1.82. The van der Waals surface area contributed by atoms with Crippen LogP contribution in [-0.2, 0) is 6.54 Å². The van der Waals surface area contributed by atoms with Gasteiger partial charge in [0.2, 0.25) is 5.22 Å². The number of halogens is 1. The fourth-order valence-corrected chi connectivity index (χ4v) is 1.39. The first-order valence-electron chi connectivity index (χ1n) is 4.62. The Bertz CT molecular complexity index is 466. The van der Waals surface area contributed by atoms with E-state index in [9.17, 15) is 4.79 Å². The Labute approximate surface area is 96.2 Å². The number of hydrogen-bond acceptors (Lipinski definition) is 4. The van der Waals surface area contributed by atoms with Crippen LogP contribution in [0, 0.1) is 0 Å². The van der Waals surface area contributed by atoms with Crippen molar-refractivity contribution in [3.63, 3.8) is 0 Å². The fourth-order valence-electron chi connectivity index (χ4n) is 1.19. The standard InChI is InChI=1S/C9H9ClN4O2/c10-8-7(1-6-16-8)9(15)11-2-4-14-5-3-12-13-14/h1,3,5-6H,2,4H2,(H,11,15). The van der Waals surface area contributed by atoms with E-state index >= 15 is 0 Å². The lowest BCUT2D eigenvalue weighted by atomic mass is 10.3. The topological polar surface area (TPSA) is 73.0 Å². The van der Waals surface area contributed by atoms with Crippen molar-refractivity contribution in [2.24, 2.45) is 0 Å². The molecule has 2 rings (SSSR count). The number of carbonyl (C=O) groups excluding carboxylic acids is 1. The van der Waals surface area contributed by atoms with Gasteiger partial charge >= 0.3 is 0 Å². The zero-order valence-corrected chi connectivity index (χ0v) is 9.02. The van der Waals surface area contributed by atoms with Gasteiger partial charge in [0.15, 0.2) is 0 Å². The molecule has 0 spiro atoms. The Morgan fingerprint density at radius 3 is 3.12 bits per heavy atom. The molecule has 0 fully saturated rings. The van der Waals surface area contributed by atoms with E-state index in [1.54, 1.807) is 17.1 Å². The van der Waals surface area contributed by atoms with Gasteiger partial charge in [-0.15, -0.1) is 5.10 Å². The first-order valence-corrected chi connectivity index (χ1v) is 5.00. The number of carbonyl (C=O) groups is 1. The summed E-state index contributed by atoms with van der Waals surface area (Å²) in [6.45, 7) is 1.00. The molecule has 0 unspecified atom stereocenters. The van der Waals surface area contributed by atoms with Crippen LogP contribution in [0.4, 0.5) is 0 Å². The summed E-state index contributed by atoms with van der Waals surface area (Å²) >= 11 is 5.66. The molecule has 16 heavy (non-hydrogen) atoms. The van der Waals surface area contributed by atoms with Crippen LogP contribution in [-0.4, -0.2) is 27.4 Å². The minimum atomic E-state index is -0.265. The van der Waals surface area contributed by atoms with Crippen molar-refractivity contribution >= 4 is 17.5 Å². The van der Waals surface area contributed by atoms with Crippen molar-refractivity contribution in [2.45, 2.75) is 6.54 Å². The maximum Gasteiger partial charge on any atom is 0.256 e. The molecule has 0 radical (unpaired) electrons. The van der Waals surface area contributed by atoms with Gasteiger partial charge in [0.25, 0.3) is 5.91 Å². The molecule has 0 atom stereocenters. The zero-order chi connectivity index (χ0) is 11.4. The summed E-state index contributed by atoms with van der Waals surface area (Å²) in [6.07, 6.45) is 4.67. The van der Waals surface area contributed by atoms with E-state index in [2.05, 4.69) is 15.6 Å². The number of furan rings is 1. The second-order valence-corrected chi connectivity index (χ2v) is 3.37. The van der Waals surface area contributed by atoms with Crippen LogP contribution in [0.15, 0.2) is 29.1 Å². The predicted molar refractivity (Wildman–Crippen MR) is 56.1 cm³/mol. The fraction of sp³-hybridized carbons (Fsp3) is 0.222. The van der Waals surface area contributed by atoms with Gasteiger partial charge in [0.05, 0.1) is 24.6 Å². The Morgan fingerprint density at radius 2 is 2.50 bits per heavy atom. The third-order valence-electron chi connectivity index (χ3n) is 1.96. The Morgan fingerprint density at radius 1 is 1.62 bits per heavy atom. The highest BCUT2D eigenvalue weighted by molar-refractivity contribution is 6.32. The van der Waals surface area contributed by atoms with Crippen LogP contribution < -0.4 is 5.32 Å². The van der Waals surface area contributed by atoms with Gasteiger partial charge in [-0.1, -0.05) is 5.21 Å². The molecule has 0 aromatic carbocycles. The summed E-state index contributed by atoms with van der Waals surface area (Å²) in [7, 11) is 0. The zero-order valence-electron chi connectivity index (χ0n) is 8.26. The first kappa shape index (κ1) is 10.7. The summed E-state index contributed by atoms with van der Waals surface area (Å²) in [4.78, 5) is 11.6. The van der Waals surface area contributed by atoms with Crippen LogP contribution in [0.25, 0.3) is 0 Å². The molecular weight excluding hydrogens is 232 g/mol. The van der Waals surface area contributed by atoms with E-state index in [0.29, 0.717) is 18.7 Å². The lowest BCUT2D eigenvalue weighted by Gasteiger charge is -2.03. The van der Waals surface area contributed by atoms with Crippen molar-refractivity contribution in [3.05, 3.63) is 35.5 Å². The molecule has 1 amide bonds. The Kier molecular flexibility index (Phi) is 3.21. The minimum absolute atomic E-state index is 0.0956. The number of nitrogens with one attached hydrogen (secondary N) is 1. The van der Waals surface area contributed by atoms with Crippen LogP contribution in [0.3, 0.4) is 0 Å². The van der Waals surface area contributed by atoms with E-state index < -0.39 is 0 Å². The number of nitrogens with zero attached hydrogens (tertiary/aromatic N) is 3. The molecule has 0 saturated carbocycles. The summed E-state index contributed by atoms with van der Waals surface area (Å²) < 4.78 is 6.44. The molecule has 6 nitrogen and oxygen atoms in total. The third-order valence-corrected chi connectivity index (χ3v) is 2.25. The summed E-state index contributed by atoms with van der Waals surface area (Å²) in [5, 5.41) is 10.2. The van der Waals surface area contributed by atoms with Gasteiger partial charge in [-0.05, 0) is 17.7 Å². The number of hydrogen-bond donors (Lipinski definition) is 1. The van der Waals surface area contributed by atoms with Crippen molar-refractivity contribution < 1.29 is 9.21 Å². The van der Waals surface area contributed by atoms with Gasteiger partial charge < -0.3 is 9.73 Å². The number of rotatable bonds is 4. The molecular formula is C9H9ClN4O2. The van der Waals surface area contributed by atoms with Crippen LogP contribution >= 0.6 is 11.6 Å². The quantitative estimate of drug-likeness (QED) is 0.864. The summed E-state index contributed by atoms with van der Waals surface area (Å²) in [5.41, 5.74) is 0.334. The highest BCUT2D eigenvalue weighted by atomic mass is 35.5. The van der Waals surface area contributed by atoms with Gasteiger partial charge in [-0.2, -0.15) is 0 Å². The summed E-state index contributed by atoms with van der Waals surface area (Å²) in [6, 6.07) is 1.52. The molecule has 0 aliphatic carbocycles. The highest BCUT2D eigenvalue weighted by Gasteiger charge is 2.11. The van der Waals surface area contributed by atoms with E-state index in [4.69, 9.17) is 16.0 Å². The molecule has 2 heterocycles. The lowest BCUT2D eigenvalue weighted by Crippen LogP contribution is -2.27. The predicted octanol–water partition coefficient (Wildman–Crippen LogP) is 0.954. The third kappa shape index (κ3) is 2.40. The van der Waals surface area contributed by atoms with E-state index in [1.807, 2.05) is 0 Å². The first-order chi connectivity index (χ1) is 7.77. The van der Waals surface area contributed by atoms with Crippen molar-refractivity contribution in [1.29, 1.82) is 0 Å². The second-order valence-electron chi connectivity index (χ2n) is 3.03. The average molecular weight is 241 g/mol. The second kappa shape index (κ2) is 4.80. The molecule has 0 aliphatic heterocycles. The van der Waals surface area contributed by atoms with Gasteiger partial charge in [-0.3, -0.25) is 9.48 Å². The maximum absolute atomic E-state index is 11.6. The van der Waals surface area contributed by atoms with Crippen LogP contribution in [0.2, 0.25) is 5.22 Å². The molecule has 0 bridgehead atoms. The number of amides is 1. The Balaban J connectivity index is 1.83. The van der Waals surface area contributed by atoms with Crippen LogP contribution in [0.1, 0.15) is 10.4 Å². The lowest BCUT2D eigenvalue weighted by molar-refractivity contribution is 0.0951. The average Bonchev–Trinajstić information content (AvgIpc) is 2.88. The maximum atomic E-state index is 11.6. The largest absolute Gasteiger partial charge is 0.452 e. The number of aromatic nitrogens is 3. The van der Waals surface area contributed by atoms with Gasteiger partial charge in [0.1, 0.15) is 0 Å². The molecule has 84 valence electrons. The van der Waals surface area contributed by atoms with Crippen molar-refractivity contribution in [2.75, 3.05) is 6.54 Å². The van der Waals surface area contributed by atoms with Gasteiger partial charge in [0, 0.05) is 12.7 Å². The molecule has 2 aromatic heterocycles.